The minimum atomic E-state index is -3.11. The van der Waals surface area contributed by atoms with Gasteiger partial charge in [-0.15, -0.1) is 5.10 Å². The molecule has 2 aliphatic rings. The fraction of sp³-hybridized carbons (Fsp3) is 0.386. The highest BCUT2D eigenvalue weighted by molar-refractivity contribution is 7.00. The summed E-state index contributed by atoms with van der Waals surface area (Å²) in [6.07, 6.45) is 4.00. The summed E-state index contributed by atoms with van der Waals surface area (Å²) in [6.45, 7) is 14.4. The first-order chi connectivity index (χ1) is 25.8. The van der Waals surface area contributed by atoms with E-state index in [2.05, 4.69) is 49.9 Å². The number of nitrogens with zero attached hydrogens (tertiary/aromatic N) is 4. The highest BCUT2D eigenvalue weighted by atomic mass is 35.5. The number of hydrogen-bond donors (Lipinski definition) is 0. The third-order valence-corrected chi connectivity index (χ3v) is 16.0. The molecule has 1 amide bonds. The fourth-order valence-electron chi connectivity index (χ4n) is 8.20. The zero-order valence-electron chi connectivity index (χ0n) is 32.2. The number of rotatable bonds is 7. The van der Waals surface area contributed by atoms with Gasteiger partial charge in [0.25, 0.3) is 0 Å². The second kappa shape index (κ2) is 15.0. The first-order valence-electron chi connectivity index (χ1n) is 19.1. The summed E-state index contributed by atoms with van der Waals surface area (Å²) < 4.78 is 29.6. The van der Waals surface area contributed by atoms with Crippen LogP contribution in [0.4, 0.5) is 15.0 Å². The lowest BCUT2D eigenvalue weighted by atomic mass is 9.94. The number of carbonyl (C=O) groups excluding carboxylic acids is 1. The van der Waals surface area contributed by atoms with Gasteiger partial charge >= 0.3 is 14.4 Å². The van der Waals surface area contributed by atoms with Crippen molar-refractivity contribution in [3.63, 3.8) is 0 Å². The Labute approximate surface area is 324 Å². The van der Waals surface area contributed by atoms with Crippen LogP contribution in [0.2, 0.25) is 10.1 Å². The Balaban J connectivity index is 1.35. The third-order valence-electron chi connectivity index (χ3n) is 10.8. The zero-order valence-corrected chi connectivity index (χ0v) is 33.9. The molecule has 0 spiro atoms. The van der Waals surface area contributed by atoms with Gasteiger partial charge < -0.3 is 19.0 Å². The van der Waals surface area contributed by atoms with E-state index in [9.17, 15) is 4.79 Å². The second-order valence-electron chi connectivity index (χ2n) is 16.6. The lowest BCUT2D eigenvalue weighted by Crippen LogP contribution is -2.68. The molecule has 1 aliphatic heterocycles. The monoisotopic (exact) mass is 764 g/mol. The molecule has 1 aliphatic carbocycles. The van der Waals surface area contributed by atoms with Crippen molar-refractivity contribution in [2.24, 2.45) is 0 Å². The fourth-order valence-corrected chi connectivity index (χ4v) is 12.9. The summed E-state index contributed by atoms with van der Waals surface area (Å²) >= 11 is 7.28. The number of anilines is 1. The molecule has 0 atom stereocenters. The van der Waals surface area contributed by atoms with Gasteiger partial charge in [0.05, 0.1) is 11.3 Å². The predicted octanol–water partition coefficient (Wildman–Crippen LogP) is 9.74. The molecule has 4 aromatic carbocycles. The minimum Gasteiger partial charge on any atom is -0.533 e. The quantitative estimate of drug-likeness (QED) is 0.154. The lowest BCUT2D eigenvalue weighted by Gasteiger charge is -2.43. The molecule has 54 heavy (non-hydrogen) atoms. The van der Waals surface area contributed by atoms with Crippen molar-refractivity contribution in [2.45, 2.75) is 83.8 Å². The summed E-state index contributed by atoms with van der Waals surface area (Å²) in [7, 11) is -3.11. The van der Waals surface area contributed by atoms with E-state index in [-0.39, 0.29) is 17.0 Å². The van der Waals surface area contributed by atoms with Gasteiger partial charge in [-0.25, -0.2) is 9.18 Å². The molecule has 0 unspecified atom stereocenters. The summed E-state index contributed by atoms with van der Waals surface area (Å²) in [6, 6.07) is 29.7. The third kappa shape index (κ3) is 7.32. The number of halogens is 2. The number of benzene rings is 4. The highest BCUT2D eigenvalue weighted by Crippen LogP contribution is 2.46. The standard InChI is InChI=1S/C44H50ClFN4O3Si/c1-43(2,3)52-42(51)50-26-24-49(25-27-50)41-34-29-36(45)35(28-33(34)40(47-48-41)30-16-13-14-17-30)39-37(46)22-15-23-38(39)53-54(44(4,5)6,31-18-9-7-10-19-31)32-20-11-8-12-21-32/h7-12,15,18-23,28-30H,13-14,16-17,24-27H2,1-6H3. The topological polar surface area (TPSA) is 67.8 Å². The van der Waals surface area contributed by atoms with Crippen LogP contribution in [0.1, 0.15) is 78.8 Å². The molecule has 0 bridgehead atoms. The maximum atomic E-state index is 16.6. The Bertz CT molecular complexity index is 2080. The van der Waals surface area contributed by atoms with E-state index in [1.165, 1.54) is 6.07 Å². The molecular weight excluding hydrogens is 715 g/mol. The van der Waals surface area contributed by atoms with Crippen LogP contribution in [-0.2, 0) is 4.74 Å². The number of hydrogen-bond acceptors (Lipinski definition) is 6. The molecule has 0 N–H and O–H groups in total. The Kier molecular flexibility index (Phi) is 10.5. The number of piperazine rings is 1. The largest absolute Gasteiger partial charge is 0.533 e. The van der Waals surface area contributed by atoms with E-state index in [1.807, 2.05) is 75.4 Å². The summed E-state index contributed by atoms with van der Waals surface area (Å²) in [5, 5.41) is 13.8. The Morgan fingerprint density at radius 2 is 1.41 bits per heavy atom. The number of aromatic nitrogens is 2. The van der Waals surface area contributed by atoms with E-state index in [4.69, 9.17) is 31.0 Å². The van der Waals surface area contributed by atoms with Gasteiger partial charge in [0.1, 0.15) is 17.2 Å². The molecule has 2 fully saturated rings. The first-order valence-corrected chi connectivity index (χ1v) is 21.4. The van der Waals surface area contributed by atoms with E-state index in [1.54, 1.807) is 11.0 Å². The molecule has 7 rings (SSSR count). The maximum Gasteiger partial charge on any atom is 0.410 e. The SMILES string of the molecule is CC(C)(C)OC(=O)N1CCN(c2nnc(C3CCCC3)c3cc(-c4c(F)cccc4O[Si](c4ccccc4)(c4ccccc4)C(C)(C)C)c(Cl)cc23)CC1. The molecule has 0 radical (unpaired) electrons. The van der Waals surface area contributed by atoms with Crippen LogP contribution in [0, 0.1) is 5.82 Å². The number of fused-ring (bicyclic) bond motifs is 1. The van der Waals surface area contributed by atoms with Crippen LogP contribution in [0.15, 0.2) is 91.0 Å². The number of ether oxygens (including phenoxy) is 1. The Morgan fingerprint density at radius 1 is 0.796 bits per heavy atom. The van der Waals surface area contributed by atoms with Crippen molar-refractivity contribution in [1.82, 2.24) is 15.1 Å². The maximum absolute atomic E-state index is 16.6. The summed E-state index contributed by atoms with van der Waals surface area (Å²) in [5.41, 5.74) is 1.24. The van der Waals surface area contributed by atoms with Gasteiger partial charge in [-0.05, 0) is 73.3 Å². The van der Waals surface area contributed by atoms with Crippen molar-refractivity contribution in [3.8, 4) is 16.9 Å². The van der Waals surface area contributed by atoms with Crippen LogP contribution in [-0.4, -0.2) is 61.3 Å². The Hall–Kier alpha value is -4.47. The minimum absolute atomic E-state index is 0.251. The number of amides is 1. The van der Waals surface area contributed by atoms with E-state index >= 15 is 4.39 Å². The average molecular weight is 765 g/mol. The van der Waals surface area contributed by atoms with Crippen LogP contribution in [0.5, 0.6) is 5.75 Å². The zero-order chi connectivity index (χ0) is 38.3. The first kappa shape index (κ1) is 37.8. The van der Waals surface area contributed by atoms with Crippen molar-refractivity contribution in [3.05, 3.63) is 108 Å². The molecule has 7 nitrogen and oxygen atoms in total. The molecule has 2 heterocycles. The van der Waals surface area contributed by atoms with E-state index < -0.39 is 19.7 Å². The smallest absolute Gasteiger partial charge is 0.410 e. The summed E-state index contributed by atoms with van der Waals surface area (Å²) in [5.74, 6) is 1.00. The van der Waals surface area contributed by atoms with Gasteiger partial charge in [0.2, 0.25) is 0 Å². The summed E-state index contributed by atoms with van der Waals surface area (Å²) in [4.78, 5) is 16.7. The number of carbonyl (C=O) groups is 1. The van der Waals surface area contributed by atoms with Gasteiger partial charge in [0.15, 0.2) is 5.82 Å². The van der Waals surface area contributed by atoms with Crippen molar-refractivity contribution in [1.29, 1.82) is 0 Å². The molecule has 1 aromatic heterocycles. The molecule has 10 heteroatoms. The van der Waals surface area contributed by atoms with Crippen molar-refractivity contribution >= 4 is 53.0 Å². The highest BCUT2D eigenvalue weighted by Gasteiger charge is 2.52. The lowest BCUT2D eigenvalue weighted by molar-refractivity contribution is 0.0240. The van der Waals surface area contributed by atoms with Crippen LogP contribution < -0.4 is 19.7 Å². The van der Waals surface area contributed by atoms with Crippen LogP contribution in [0.3, 0.4) is 0 Å². The normalized spacial score (nSPS) is 15.9. The van der Waals surface area contributed by atoms with Crippen LogP contribution >= 0.6 is 11.6 Å². The molecule has 1 saturated carbocycles. The second-order valence-corrected chi connectivity index (χ2v) is 21.2. The molecule has 1 saturated heterocycles. The predicted molar refractivity (Wildman–Crippen MR) is 219 cm³/mol. The van der Waals surface area contributed by atoms with E-state index in [0.29, 0.717) is 53.9 Å². The van der Waals surface area contributed by atoms with E-state index in [0.717, 1.165) is 52.5 Å². The van der Waals surface area contributed by atoms with Crippen molar-refractivity contribution < 1.29 is 18.3 Å². The van der Waals surface area contributed by atoms with Crippen LogP contribution in [0.25, 0.3) is 21.9 Å². The Morgan fingerprint density at radius 3 is 1.98 bits per heavy atom. The molecule has 282 valence electrons. The van der Waals surface area contributed by atoms with Gasteiger partial charge in [0, 0.05) is 53.5 Å². The van der Waals surface area contributed by atoms with Crippen molar-refractivity contribution in [2.75, 3.05) is 31.1 Å². The van der Waals surface area contributed by atoms with Gasteiger partial charge in [-0.2, -0.15) is 5.10 Å². The average Bonchev–Trinajstić information content (AvgIpc) is 3.68. The molecule has 5 aromatic rings. The van der Waals surface area contributed by atoms with Gasteiger partial charge in [-0.1, -0.05) is 112 Å². The van der Waals surface area contributed by atoms with Gasteiger partial charge in [-0.3, -0.25) is 0 Å². The molecular formula is C44H50ClFN4O3Si.